The summed E-state index contributed by atoms with van der Waals surface area (Å²) >= 11 is 0. The lowest BCUT2D eigenvalue weighted by molar-refractivity contribution is -0.115. The van der Waals surface area contributed by atoms with E-state index in [-0.39, 0.29) is 0 Å². The molecule has 2 aliphatic carbocycles. The molecule has 0 amide bonds. The van der Waals surface area contributed by atoms with Crippen LogP contribution >= 0.6 is 0 Å². The molecule has 2 atom stereocenters. The molecule has 0 aromatic heterocycles. The minimum atomic E-state index is 0.344. The number of nitrogens with zero attached hydrogens (tertiary/aromatic N) is 2. The third kappa shape index (κ3) is 2.29. The number of allylic oxidation sites excluding steroid dienone is 2. The van der Waals surface area contributed by atoms with Gasteiger partial charge in [-0.3, -0.25) is 4.79 Å². The molecule has 0 N–H and O–H groups in total. The topological polar surface area (TPSA) is 23.6 Å². The second-order valence-electron chi connectivity index (χ2n) is 7.84. The molecule has 1 aromatic rings. The van der Waals surface area contributed by atoms with Gasteiger partial charge in [-0.15, -0.1) is 0 Å². The van der Waals surface area contributed by atoms with E-state index in [2.05, 4.69) is 60.9 Å². The van der Waals surface area contributed by atoms with Crippen LogP contribution in [-0.2, 0) is 4.79 Å². The Hall–Kier alpha value is -1.77. The first kappa shape index (κ1) is 14.8. The Morgan fingerprint density at radius 2 is 1.74 bits per heavy atom. The number of anilines is 1. The molecular weight excluding hydrogens is 284 g/mol. The monoisotopic (exact) mass is 310 g/mol. The Kier molecular flexibility index (Phi) is 3.29. The van der Waals surface area contributed by atoms with Gasteiger partial charge in [0.2, 0.25) is 0 Å². The van der Waals surface area contributed by atoms with E-state index >= 15 is 0 Å². The number of carbonyl (C=O) groups is 1. The van der Waals surface area contributed by atoms with Gasteiger partial charge in [-0.1, -0.05) is 32.0 Å². The average Bonchev–Trinajstić information content (AvgIpc) is 2.92. The van der Waals surface area contributed by atoms with Gasteiger partial charge < -0.3 is 9.80 Å². The summed E-state index contributed by atoms with van der Waals surface area (Å²) in [5.41, 5.74) is 4.04. The predicted molar refractivity (Wildman–Crippen MR) is 93.3 cm³/mol. The molecule has 2 saturated carbocycles. The lowest BCUT2D eigenvalue weighted by Gasteiger charge is -2.38. The van der Waals surface area contributed by atoms with Crippen molar-refractivity contribution in [3.05, 3.63) is 41.6 Å². The highest BCUT2D eigenvalue weighted by atomic mass is 16.1. The van der Waals surface area contributed by atoms with Gasteiger partial charge >= 0.3 is 0 Å². The van der Waals surface area contributed by atoms with Crippen LogP contribution in [0.15, 0.2) is 41.6 Å². The van der Waals surface area contributed by atoms with Gasteiger partial charge in [0, 0.05) is 49.6 Å². The number of fused-ring (bicyclic) bond motifs is 1. The molecule has 1 saturated heterocycles. The molecule has 3 aliphatic rings. The van der Waals surface area contributed by atoms with E-state index in [0.29, 0.717) is 23.0 Å². The first-order valence-electron chi connectivity index (χ1n) is 8.79. The van der Waals surface area contributed by atoms with Crippen LogP contribution in [0.25, 0.3) is 0 Å². The predicted octanol–water partition coefficient (Wildman–Crippen LogP) is 3.33. The number of Topliss-reactive ketones (excluding diaryl/α,β-unsaturated/α-hetero) is 1. The van der Waals surface area contributed by atoms with Crippen LogP contribution < -0.4 is 4.90 Å². The maximum Gasteiger partial charge on any atom is 0.161 e. The van der Waals surface area contributed by atoms with Gasteiger partial charge in [-0.25, -0.2) is 0 Å². The van der Waals surface area contributed by atoms with Crippen molar-refractivity contribution in [2.45, 2.75) is 27.2 Å². The Morgan fingerprint density at radius 1 is 1.09 bits per heavy atom. The van der Waals surface area contributed by atoms with E-state index in [1.54, 1.807) is 0 Å². The molecular formula is C20H26N2O. The molecule has 4 rings (SSSR count). The number of rotatable bonds is 2. The maximum absolute atomic E-state index is 12.4. The number of benzene rings is 1. The molecule has 122 valence electrons. The molecule has 0 radical (unpaired) electrons. The molecule has 23 heavy (non-hydrogen) atoms. The van der Waals surface area contributed by atoms with Crippen molar-refractivity contribution in [3.8, 4) is 0 Å². The van der Waals surface area contributed by atoms with Crippen LogP contribution in [0.1, 0.15) is 27.2 Å². The van der Waals surface area contributed by atoms with Crippen molar-refractivity contribution in [2.75, 3.05) is 31.1 Å². The highest BCUT2D eigenvalue weighted by Crippen LogP contribution is 2.68. The van der Waals surface area contributed by atoms with Crippen molar-refractivity contribution in [1.82, 2.24) is 4.90 Å². The second kappa shape index (κ2) is 5.12. The Labute approximate surface area is 139 Å². The smallest absolute Gasteiger partial charge is 0.161 e. The second-order valence-corrected chi connectivity index (χ2v) is 7.84. The summed E-state index contributed by atoms with van der Waals surface area (Å²) in [5, 5.41) is 0. The summed E-state index contributed by atoms with van der Waals surface area (Å²) < 4.78 is 0. The molecule has 0 spiro atoms. The zero-order valence-corrected chi connectivity index (χ0v) is 14.4. The number of hydrogen-bond donors (Lipinski definition) is 0. The lowest BCUT2D eigenvalue weighted by atomic mass is 9.95. The van der Waals surface area contributed by atoms with Gasteiger partial charge in [0.15, 0.2) is 5.78 Å². The Balaban J connectivity index is 1.48. The summed E-state index contributed by atoms with van der Waals surface area (Å²) in [5.74, 6) is 1.52. The molecule has 3 nitrogen and oxygen atoms in total. The summed E-state index contributed by atoms with van der Waals surface area (Å²) in [7, 11) is 0. The van der Waals surface area contributed by atoms with Crippen LogP contribution in [0.5, 0.6) is 0 Å². The molecule has 0 unspecified atom stereocenters. The standard InChI is InChI=1S/C20H26N2O/c1-14(18-17(23)13-16-19(18)20(16,2)3)21-9-11-22(12-10-21)15-7-5-4-6-8-15/h4-8,16,19H,9-13H2,1-3H3/t16-,19+/m1/s1. The van der Waals surface area contributed by atoms with Crippen LogP contribution in [0.4, 0.5) is 5.69 Å². The van der Waals surface area contributed by atoms with Crippen LogP contribution in [0.2, 0.25) is 0 Å². The number of piperazine rings is 1. The highest BCUT2D eigenvalue weighted by Gasteiger charge is 2.65. The van der Waals surface area contributed by atoms with E-state index in [4.69, 9.17) is 0 Å². The van der Waals surface area contributed by atoms with Gasteiger partial charge in [0.25, 0.3) is 0 Å². The zero-order chi connectivity index (χ0) is 16.2. The third-order valence-corrected chi connectivity index (χ3v) is 6.33. The fourth-order valence-corrected chi connectivity index (χ4v) is 4.72. The normalized spacial score (nSPS) is 31.2. The van der Waals surface area contributed by atoms with Crippen molar-refractivity contribution in [2.24, 2.45) is 17.3 Å². The van der Waals surface area contributed by atoms with Crippen molar-refractivity contribution >= 4 is 11.5 Å². The van der Waals surface area contributed by atoms with E-state index in [9.17, 15) is 4.79 Å². The Morgan fingerprint density at radius 3 is 2.35 bits per heavy atom. The van der Waals surface area contributed by atoms with Gasteiger partial charge in [0.1, 0.15) is 0 Å². The third-order valence-electron chi connectivity index (χ3n) is 6.33. The molecule has 1 heterocycles. The maximum atomic E-state index is 12.4. The van der Waals surface area contributed by atoms with Crippen molar-refractivity contribution in [1.29, 1.82) is 0 Å². The molecule has 0 bridgehead atoms. The number of hydrogen-bond acceptors (Lipinski definition) is 3. The summed E-state index contributed by atoms with van der Waals surface area (Å²) in [4.78, 5) is 17.3. The van der Waals surface area contributed by atoms with E-state index in [1.807, 2.05) is 0 Å². The molecule has 3 fully saturated rings. The lowest BCUT2D eigenvalue weighted by Crippen LogP contribution is -2.46. The van der Waals surface area contributed by atoms with Crippen molar-refractivity contribution in [3.63, 3.8) is 0 Å². The van der Waals surface area contributed by atoms with Crippen molar-refractivity contribution < 1.29 is 4.79 Å². The van der Waals surface area contributed by atoms with Crippen LogP contribution in [-0.4, -0.2) is 36.9 Å². The molecule has 1 aromatic carbocycles. The quantitative estimate of drug-likeness (QED) is 0.783. The van der Waals surface area contributed by atoms with E-state index in [0.717, 1.165) is 38.2 Å². The first-order valence-corrected chi connectivity index (χ1v) is 8.79. The van der Waals surface area contributed by atoms with Gasteiger partial charge in [-0.05, 0) is 36.3 Å². The SMILES string of the molecule is CC(=C1C(=O)C[C@@H]2[C@@H]1C2(C)C)N1CCN(c2ccccc2)CC1. The van der Waals surface area contributed by atoms with E-state index < -0.39 is 0 Å². The molecule has 3 heteroatoms. The van der Waals surface area contributed by atoms with Gasteiger partial charge in [-0.2, -0.15) is 0 Å². The zero-order valence-electron chi connectivity index (χ0n) is 14.4. The Bertz CT molecular complexity index is 653. The van der Waals surface area contributed by atoms with E-state index in [1.165, 1.54) is 11.4 Å². The largest absolute Gasteiger partial charge is 0.371 e. The minimum Gasteiger partial charge on any atom is -0.371 e. The fraction of sp³-hybridized carbons (Fsp3) is 0.550. The fourth-order valence-electron chi connectivity index (χ4n) is 4.72. The minimum absolute atomic E-state index is 0.344. The average molecular weight is 310 g/mol. The summed E-state index contributed by atoms with van der Waals surface area (Å²) in [6.45, 7) is 10.9. The summed E-state index contributed by atoms with van der Waals surface area (Å²) in [6, 6.07) is 10.6. The first-order chi connectivity index (χ1) is 11.0. The number of ketones is 1. The van der Waals surface area contributed by atoms with Crippen LogP contribution in [0.3, 0.4) is 0 Å². The summed E-state index contributed by atoms with van der Waals surface area (Å²) in [6.07, 6.45) is 0.772. The number of carbonyl (C=O) groups excluding carboxylic acids is 1. The number of para-hydroxylation sites is 1. The van der Waals surface area contributed by atoms with Crippen LogP contribution in [0, 0.1) is 17.3 Å². The van der Waals surface area contributed by atoms with Gasteiger partial charge in [0.05, 0.1) is 0 Å². The molecule has 1 aliphatic heterocycles. The highest BCUT2D eigenvalue weighted by molar-refractivity contribution is 6.01.